The van der Waals surface area contributed by atoms with E-state index in [0.717, 1.165) is 5.56 Å². The molecule has 2 heterocycles. The van der Waals surface area contributed by atoms with Crippen LogP contribution in [-0.4, -0.2) is 30.3 Å². The van der Waals surface area contributed by atoms with Crippen molar-refractivity contribution in [1.29, 1.82) is 0 Å². The first-order valence-electron chi connectivity index (χ1n) is 7.20. The van der Waals surface area contributed by atoms with E-state index in [4.69, 9.17) is 4.52 Å². The van der Waals surface area contributed by atoms with Gasteiger partial charge in [-0.25, -0.2) is 4.39 Å². The van der Waals surface area contributed by atoms with E-state index in [9.17, 15) is 4.39 Å². The predicted octanol–water partition coefficient (Wildman–Crippen LogP) is 2.58. The Balaban J connectivity index is 1.52. The zero-order chi connectivity index (χ0) is 16.4. The Bertz CT molecular complexity index is 948. The van der Waals surface area contributed by atoms with E-state index in [1.807, 2.05) is 30.3 Å². The summed E-state index contributed by atoms with van der Waals surface area (Å²) in [6.45, 7) is 0.227. The standard InChI is InChI=1S/C16H11FN6O/c17-13-8-6-12(7-9-13)16-18-14(21-24-16)10-23-20-15(19-22-23)11-4-2-1-3-5-11/h1-9H,10H2. The van der Waals surface area contributed by atoms with Crippen LogP contribution in [0.3, 0.4) is 0 Å². The van der Waals surface area contributed by atoms with Gasteiger partial charge in [0, 0.05) is 11.1 Å². The summed E-state index contributed by atoms with van der Waals surface area (Å²) in [6, 6.07) is 15.4. The highest BCUT2D eigenvalue weighted by Crippen LogP contribution is 2.17. The molecule has 2 aromatic heterocycles. The lowest BCUT2D eigenvalue weighted by Gasteiger charge is -1.93. The van der Waals surface area contributed by atoms with E-state index >= 15 is 0 Å². The van der Waals surface area contributed by atoms with Crippen LogP contribution < -0.4 is 0 Å². The summed E-state index contributed by atoms with van der Waals surface area (Å²) in [5.74, 6) is 0.927. The number of rotatable bonds is 4. The van der Waals surface area contributed by atoms with Crippen molar-refractivity contribution in [2.24, 2.45) is 0 Å². The molecule has 118 valence electrons. The summed E-state index contributed by atoms with van der Waals surface area (Å²) < 4.78 is 18.1. The van der Waals surface area contributed by atoms with E-state index in [-0.39, 0.29) is 12.4 Å². The Kier molecular flexibility index (Phi) is 3.54. The Morgan fingerprint density at radius 2 is 1.75 bits per heavy atom. The van der Waals surface area contributed by atoms with Gasteiger partial charge in [0.25, 0.3) is 5.89 Å². The number of tetrazole rings is 1. The second-order valence-electron chi connectivity index (χ2n) is 5.03. The molecule has 8 heteroatoms. The minimum atomic E-state index is -0.321. The molecule has 7 nitrogen and oxygen atoms in total. The molecule has 0 unspecified atom stereocenters. The Morgan fingerprint density at radius 3 is 2.54 bits per heavy atom. The molecule has 0 radical (unpaired) electrons. The molecule has 0 atom stereocenters. The molecule has 0 aliphatic heterocycles. The summed E-state index contributed by atoms with van der Waals surface area (Å²) in [7, 11) is 0. The molecule has 0 aliphatic carbocycles. The van der Waals surface area contributed by atoms with Crippen molar-refractivity contribution >= 4 is 0 Å². The van der Waals surface area contributed by atoms with Crippen molar-refractivity contribution in [2.45, 2.75) is 6.54 Å². The molecule has 0 N–H and O–H groups in total. The summed E-state index contributed by atoms with van der Waals surface area (Å²) in [6.07, 6.45) is 0. The van der Waals surface area contributed by atoms with Gasteiger partial charge in [0.2, 0.25) is 5.82 Å². The SMILES string of the molecule is Fc1ccc(-c2nc(Cn3nnc(-c4ccccc4)n3)no2)cc1. The first kappa shape index (κ1) is 14.2. The summed E-state index contributed by atoms with van der Waals surface area (Å²) in [5, 5.41) is 16.2. The fourth-order valence-electron chi connectivity index (χ4n) is 2.17. The second kappa shape index (κ2) is 5.99. The van der Waals surface area contributed by atoms with Crippen molar-refractivity contribution in [1.82, 2.24) is 30.3 Å². The van der Waals surface area contributed by atoms with Crippen molar-refractivity contribution in [2.75, 3.05) is 0 Å². The number of hydrogen-bond donors (Lipinski definition) is 0. The molecular weight excluding hydrogens is 311 g/mol. The fraction of sp³-hybridized carbons (Fsp3) is 0.0625. The highest BCUT2D eigenvalue weighted by molar-refractivity contribution is 5.53. The molecule has 4 aromatic rings. The van der Waals surface area contributed by atoms with Gasteiger partial charge >= 0.3 is 0 Å². The van der Waals surface area contributed by atoms with Crippen molar-refractivity contribution in [3.63, 3.8) is 0 Å². The van der Waals surface area contributed by atoms with E-state index < -0.39 is 0 Å². The van der Waals surface area contributed by atoms with Gasteiger partial charge < -0.3 is 4.52 Å². The average molecular weight is 322 g/mol. The molecule has 0 saturated carbocycles. The van der Waals surface area contributed by atoms with Crippen LogP contribution in [0.15, 0.2) is 59.1 Å². The van der Waals surface area contributed by atoms with Gasteiger partial charge in [-0.1, -0.05) is 35.5 Å². The lowest BCUT2D eigenvalue weighted by atomic mass is 10.2. The lowest BCUT2D eigenvalue weighted by molar-refractivity contribution is 0.415. The fourth-order valence-corrected chi connectivity index (χ4v) is 2.17. The Morgan fingerprint density at radius 1 is 0.958 bits per heavy atom. The van der Waals surface area contributed by atoms with E-state index in [1.54, 1.807) is 12.1 Å². The number of aromatic nitrogens is 6. The van der Waals surface area contributed by atoms with E-state index in [2.05, 4.69) is 25.6 Å². The highest BCUT2D eigenvalue weighted by atomic mass is 19.1. The maximum absolute atomic E-state index is 12.9. The first-order valence-corrected chi connectivity index (χ1v) is 7.20. The molecular formula is C16H11FN6O. The maximum atomic E-state index is 12.9. The third kappa shape index (κ3) is 2.89. The lowest BCUT2D eigenvalue weighted by Crippen LogP contribution is -2.05. The maximum Gasteiger partial charge on any atom is 0.257 e. The molecule has 0 spiro atoms. The van der Waals surface area contributed by atoms with Crippen LogP contribution in [-0.2, 0) is 6.54 Å². The predicted molar refractivity (Wildman–Crippen MR) is 82.0 cm³/mol. The molecule has 2 aromatic carbocycles. The van der Waals surface area contributed by atoms with Crippen LogP contribution in [0.2, 0.25) is 0 Å². The van der Waals surface area contributed by atoms with Gasteiger partial charge in [-0.3, -0.25) is 0 Å². The largest absolute Gasteiger partial charge is 0.334 e. The zero-order valence-electron chi connectivity index (χ0n) is 12.4. The summed E-state index contributed by atoms with van der Waals surface area (Å²) in [4.78, 5) is 5.65. The molecule has 4 rings (SSSR count). The van der Waals surface area contributed by atoms with Gasteiger partial charge in [-0.05, 0) is 29.5 Å². The topological polar surface area (TPSA) is 82.5 Å². The normalized spacial score (nSPS) is 10.9. The van der Waals surface area contributed by atoms with Gasteiger partial charge in [-0.2, -0.15) is 9.78 Å². The van der Waals surface area contributed by atoms with Crippen molar-refractivity contribution < 1.29 is 8.91 Å². The first-order chi connectivity index (χ1) is 11.8. The molecule has 0 aliphatic rings. The van der Waals surface area contributed by atoms with Crippen LogP contribution in [0.4, 0.5) is 4.39 Å². The minimum Gasteiger partial charge on any atom is -0.334 e. The average Bonchev–Trinajstić information content (AvgIpc) is 3.27. The quantitative estimate of drug-likeness (QED) is 0.574. The molecule has 0 fully saturated rings. The van der Waals surface area contributed by atoms with Crippen LogP contribution in [0, 0.1) is 5.82 Å². The van der Waals surface area contributed by atoms with E-state index in [1.165, 1.54) is 16.9 Å². The van der Waals surface area contributed by atoms with Crippen molar-refractivity contribution in [3.8, 4) is 22.8 Å². The minimum absolute atomic E-state index is 0.227. The van der Waals surface area contributed by atoms with Crippen LogP contribution in [0.1, 0.15) is 5.82 Å². The van der Waals surface area contributed by atoms with Crippen LogP contribution >= 0.6 is 0 Å². The number of nitrogens with zero attached hydrogens (tertiary/aromatic N) is 6. The highest BCUT2D eigenvalue weighted by Gasteiger charge is 2.12. The van der Waals surface area contributed by atoms with Crippen LogP contribution in [0.5, 0.6) is 0 Å². The van der Waals surface area contributed by atoms with Gasteiger partial charge in [0.15, 0.2) is 5.82 Å². The third-order valence-corrected chi connectivity index (χ3v) is 3.33. The van der Waals surface area contributed by atoms with Crippen LogP contribution in [0.25, 0.3) is 22.8 Å². The number of hydrogen-bond acceptors (Lipinski definition) is 6. The molecule has 24 heavy (non-hydrogen) atoms. The molecule has 0 bridgehead atoms. The third-order valence-electron chi connectivity index (χ3n) is 3.33. The summed E-state index contributed by atoms with van der Waals surface area (Å²) >= 11 is 0. The molecule has 0 amide bonds. The zero-order valence-corrected chi connectivity index (χ0v) is 12.4. The second-order valence-corrected chi connectivity index (χ2v) is 5.03. The van der Waals surface area contributed by atoms with Gasteiger partial charge in [-0.15, -0.1) is 10.2 Å². The van der Waals surface area contributed by atoms with E-state index in [0.29, 0.717) is 23.1 Å². The Hall–Kier alpha value is -3.42. The van der Waals surface area contributed by atoms with Gasteiger partial charge in [0.05, 0.1) is 0 Å². The summed E-state index contributed by atoms with van der Waals surface area (Å²) in [5.41, 5.74) is 1.52. The smallest absolute Gasteiger partial charge is 0.257 e. The van der Waals surface area contributed by atoms with Crippen molar-refractivity contribution in [3.05, 3.63) is 66.2 Å². The molecule has 0 saturated heterocycles. The number of halogens is 1. The monoisotopic (exact) mass is 322 g/mol. The Labute approximate surface area is 135 Å². The number of benzene rings is 2. The van der Waals surface area contributed by atoms with Gasteiger partial charge in [0.1, 0.15) is 12.4 Å².